The van der Waals surface area contributed by atoms with E-state index in [0.717, 1.165) is 11.1 Å². The zero-order chi connectivity index (χ0) is 18.7. The summed E-state index contributed by atoms with van der Waals surface area (Å²) in [5.74, 6) is 0.0876. The van der Waals surface area contributed by atoms with Gasteiger partial charge in [-0.1, -0.05) is 35.9 Å². The molecular formula is C19H20ClN3O3. The Morgan fingerprint density at radius 2 is 1.85 bits per heavy atom. The van der Waals surface area contributed by atoms with Crippen LogP contribution in [0.25, 0.3) is 0 Å². The Hall–Kier alpha value is -2.60. The molecule has 0 N–H and O–H groups in total. The van der Waals surface area contributed by atoms with E-state index >= 15 is 0 Å². The van der Waals surface area contributed by atoms with Crippen LogP contribution in [-0.4, -0.2) is 41.9 Å². The summed E-state index contributed by atoms with van der Waals surface area (Å²) >= 11 is 5.88. The lowest BCUT2D eigenvalue weighted by Crippen LogP contribution is -2.49. The smallest absolute Gasteiger partial charge is 0.294 e. The van der Waals surface area contributed by atoms with Crippen LogP contribution in [0.15, 0.2) is 42.5 Å². The Balaban J connectivity index is 1.65. The summed E-state index contributed by atoms with van der Waals surface area (Å²) in [6.07, 6.45) is 0.383. The highest BCUT2D eigenvalue weighted by Crippen LogP contribution is 2.31. The molecule has 1 aliphatic rings. The number of halogens is 1. The molecule has 7 heteroatoms. The van der Waals surface area contributed by atoms with Crippen LogP contribution < -0.4 is 4.90 Å². The molecule has 0 saturated carbocycles. The number of nitro groups is 1. The standard InChI is InChI=1S/C19H20ClN3O3/c1-14-4-2-3-5-15(14)12-19(24)22-10-8-21(9-11-22)17-7-6-16(20)13-18(17)23(25)26/h2-7,13H,8-12H2,1H3. The molecule has 1 saturated heterocycles. The van der Waals surface area contributed by atoms with E-state index in [0.29, 0.717) is 43.3 Å². The van der Waals surface area contributed by atoms with Crippen LogP contribution in [-0.2, 0) is 11.2 Å². The molecule has 0 atom stereocenters. The van der Waals surface area contributed by atoms with Gasteiger partial charge in [0.25, 0.3) is 5.69 Å². The van der Waals surface area contributed by atoms with Crippen molar-refractivity contribution in [3.05, 3.63) is 68.7 Å². The third-order valence-electron chi connectivity index (χ3n) is 4.71. The number of piperazine rings is 1. The summed E-state index contributed by atoms with van der Waals surface area (Å²) in [6.45, 7) is 4.21. The number of hydrogen-bond donors (Lipinski definition) is 0. The van der Waals surface area contributed by atoms with Crippen molar-refractivity contribution in [2.75, 3.05) is 31.1 Å². The fourth-order valence-corrected chi connectivity index (χ4v) is 3.36. The van der Waals surface area contributed by atoms with Crippen molar-refractivity contribution in [3.8, 4) is 0 Å². The number of carbonyl (C=O) groups is 1. The van der Waals surface area contributed by atoms with E-state index in [4.69, 9.17) is 11.6 Å². The second kappa shape index (κ2) is 7.74. The molecule has 1 aliphatic heterocycles. The van der Waals surface area contributed by atoms with Crippen LogP contribution >= 0.6 is 11.6 Å². The molecule has 26 heavy (non-hydrogen) atoms. The average Bonchev–Trinajstić information content (AvgIpc) is 2.63. The Morgan fingerprint density at radius 3 is 2.50 bits per heavy atom. The molecule has 0 bridgehead atoms. The lowest BCUT2D eigenvalue weighted by molar-refractivity contribution is -0.384. The lowest BCUT2D eigenvalue weighted by atomic mass is 10.1. The molecule has 1 heterocycles. The summed E-state index contributed by atoms with van der Waals surface area (Å²) in [6, 6.07) is 12.6. The number of anilines is 1. The SMILES string of the molecule is Cc1ccccc1CC(=O)N1CCN(c2ccc(Cl)cc2[N+](=O)[O-])CC1. The van der Waals surface area contributed by atoms with Gasteiger partial charge in [0, 0.05) is 37.3 Å². The Kier molecular flexibility index (Phi) is 5.42. The van der Waals surface area contributed by atoms with Crippen LogP contribution in [0.5, 0.6) is 0 Å². The zero-order valence-electron chi connectivity index (χ0n) is 14.5. The van der Waals surface area contributed by atoms with Gasteiger partial charge in [-0.2, -0.15) is 0 Å². The first kappa shape index (κ1) is 18.2. The van der Waals surface area contributed by atoms with E-state index in [1.807, 2.05) is 41.0 Å². The Morgan fingerprint density at radius 1 is 1.15 bits per heavy atom. The van der Waals surface area contributed by atoms with E-state index in [-0.39, 0.29) is 11.6 Å². The van der Waals surface area contributed by atoms with Gasteiger partial charge >= 0.3 is 0 Å². The largest absolute Gasteiger partial charge is 0.362 e. The maximum absolute atomic E-state index is 12.6. The van der Waals surface area contributed by atoms with E-state index in [2.05, 4.69) is 0 Å². The summed E-state index contributed by atoms with van der Waals surface area (Å²) < 4.78 is 0. The van der Waals surface area contributed by atoms with Crippen LogP contribution in [0.1, 0.15) is 11.1 Å². The molecule has 3 rings (SSSR count). The maximum atomic E-state index is 12.6. The van der Waals surface area contributed by atoms with Gasteiger partial charge in [-0.05, 0) is 30.2 Å². The van der Waals surface area contributed by atoms with Gasteiger partial charge in [0.2, 0.25) is 5.91 Å². The molecule has 1 amide bonds. The van der Waals surface area contributed by atoms with Crippen LogP contribution in [0.3, 0.4) is 0 Å². The monoisotopic (exact) mass is 373 g/mol. The van der Waals surface area contributed by atoms with Crippen LogP contribution in [0.4, 0.5) is 11.4 Å². The number of aryl methyl sites for hydroxylation is 1. The first-order chi connectivity index (χ1) is 12.5. The third-order valence-corrected chi connectivity index (χ3v) is 4.95. The molecule has 136 valence electrons. The van der Waals surface area contributed by atoms with Crippen molar-refractivity contribution in [2.45, 2.75) is 13.3 Å². The van der Waals surface area contributed by atoms with E-state index in [1.54, 1.807) is 12.1 Å². The quantitative estimate of drug-likeness (QED) is 0.608. The number of rotatable bonds is 4. The minimum Gasteiger partial charge on any atom is -0.362 e. The number of amides is 1. The van der Waals surface area contributed by atoms with Crippen LogP contribution in [0, 0.1) is 17.0 Å². The molecule has 2 aromatic carbocycles. The summed E-state index contributed by atoms with van der Waals surface area (Å²) in [7, 11) is 0. The average molecular weight is 374 g/mol. The lowest BCUT2D eigenvalue weighted by Gasteiger charge is -2.36. The van der Waals surface area contributed by atoms with Crippen molar-refractivity contribution >= 4 is 28.9 Å². The predicted octanol–water partition coefficient (Wildman–Crippen LogP) is 3.45. The molecule has 0 spiro atoms. The van der Waals surface area contributed by atoms with E-state index < -0.39 is 4.92 Å². The van der Waals surface area contributed by atoms with Gasteiger partial charge in [-0.15, -0.1) is 0 Å². The van der Waals surface area contributed by atoms with E-state index in [1.165, 1.54) is 6.07 Å². The molecule has 1 fully saturated rings. The summed E-state index contributed by atoms with van der Waals surface area (Å²) in [4.78, 5) is 27.2. The van der Waals surface area contributed by atoms with Crippen molar-refractivity contribution in [1.82, 2.24) is 4.90 Å². The van der Waals surface area contributed by atoms with Crippen molar-refractivity contribution in [1.29, 1.82) is 0 Å². The minimum atomic E-state index is -0.420. The zero-order valence-corrected chi connectivity index (χ0v) is 15.3. The second-order valence-corrected chi connectivity index (χ2v) is 6.80. The molecule has 6 nitrogen and oxygen atoms in total. The molecular weight excluding hydrogens is 354 g/mol. The number of hydrogen-bond acceptors (Lipinski definition) is 4. The van der Waals surface area contributed by atoms with Crippen LogP contribution in [0.2, 0.25) is 5.02 Å². The molecule has 0 aliphatic carbocycles. The first-order valence-electron chi connectivity index (χ1n) is 8.47. The van der Waals surface area contributed by atoms with Gasteiger partial charge in [0.15, 0.2) is 0 Å². The van der Waals surface area contributed by atoms with Crippen molar-refractivity contribution in [3.63, 3.8) is 0 Å². The Bertz CT molecular complexity index is 833. The van der Waals surface area contributed by atoms with Crippen molar-refractivity contribution in [2.24, 2.45) is 0 Å². The topological polar surface area (TPSA) is 66.7 Å². The number of nitro benzene ring substituents is 1. The van der Waals surface area contributed by atoms with Gasteiger partial charge in [0.05, 0.1) is 11.3 Å². The van der Waals surface area contributed by atoms with Crippen molar-refractivity contribution < 1.29 is 9.72 Å². The Labute approximate surface area is 157 Å². The summed E-state index contributed by atoms with van der Waals surface area (Å²) in [5, 5.41) is 11.6. The minimum absolute atomic E-state index is 0.00260. The fraction of sp³-hybridized carbons (Fsp3) is 0.316. The predicted molar refractivity (Wildman–Crippen MR) is 102 cm³/mol. The first-order valence-corrected chi connectivity index (χ1v) is 8.84. The third kappa shape index (κ3) is 3.96. The molecule has 2 aromatic rings. The van der Waals surface area contributed by atoms with Gasteiger partial charge < -0.3 is 9.80 Å². The summed E-state index contributed by atoms with van der Waals surface area (Å²) in [5.41, 5.74) is 2.69. The fourth-order valence-electron chi connectivity index (χ4n) is 3.19. The number of carbonyl (C=O) groups excluding carboxylic acids is 1. The number of benzene rings is 2. The maximum Gasteiger partial charge on any atom is 0.294 e. The van der Waals surface area contributed by atoms with Gasteiger partial charge in [-0.25, -0.2) is 0 Å². The van der Waals surface area contributed by atoms with E-state index in [9.17, 15) is 14.9 Å². The molecule has 0 unspecified atom stereocenters. The second-order valence-electron chi connectivity index (χ2n) is 6.36. The van der Waals surface area contributed by atoms with Gasteiger partial charge in [0.1, 0.15) is 5.69 Å². The highest BCUT2D eigenvalue weighted by Gasteiger charge is 2.26. The number of nitrogens with zero attached hydrogens (tertiary/aromatic N) is 3. The highest BCUT2D eigenvalue weighted by molar-refractivity contribution is 6.30. The molecule has 0 radical (unpaired) electrons. The molecule has 0 aromatic heterocycles. The highest BCUT2D eigenvalue weighted by atomic mass is 35.5. The van der Waals surface area contributed by atoms with Gasteiger partial charge in [-0.3, -0.25) is 14.9 Å². The normalized spacial score (nSPS) is 14.4.